The summed E-state index contributed by atoms with van der Waals surface area (Å²) in [6.07, 6.45) is -6.78. The molecule has 0 radical (unpaired) electrons. The summed E-state index contributed by atoms with van der Waals surface area (Å²) in [5.74, 6) is 0. The Balaban J connectivity index is 2.18. The van der Waals surface area contributed by atoms with Crippen LogP contribution in [0.1, 0.15) is 0 Å². The normalized spacial score (nSPS) is 20.8. The zero-order valence-corrected chi connectivity index (χ0v) is 10.0. The fourth-order valence-electron chi connectivity index (χ4n) is 1.74. The van der Waals surface area contributed by atoms with Crippen molar-refractivity contribution in [3.05, 3.63) is 0 Å². The first-order chi connectivity index (χ1) is 7.89. The number of nitrogens with one attached hydrogen (secondary N) is 1. The number of aliphatic hydroxyl groups is 1. The van der Waals surface area contributed by atoms with Crippen molar-refractivity contribution in [3.63, 3.8) is 0 Å². The summed E-state index contributed by atoms with van der Waals surface area (Å²) in [7, 11) is 1.59. The average Bonchev–Trinajstić information content (AvgIpc) is 2.26. The molecule has 0 aromatic rings. The number of likely N-dealkylation sites (N-methyl/N-ethyl adjacent to an activating group) is 1. The summed E-state index contributed by atoms with van der Waals surface area (Å²) < 4.78 is 36.3. The fraction of sp³-hybridized carbons (Fsp3) is 1.00. The van der Waals surface area contributed by atoms with Crippen LogP contribution >= 0.6 is 0 Å². The van der Waals surface area contributed by atoms with Crippen LogP contribution in [-0.2, 0) is 0 Å². The minimum absolute atomic E-state index is 0.365. The van der Waals surface area contributed by atoms with Crippen molar-refractivity contribution in [3.8, 4) is 0 Å². The van der Waals surface area contributed by atoms with E-state index < -0.39 is 12.3 Å². The molecule has 0 amide bonds. The van der Waals surface area contributed by atoms with Gasteiger partial charge in [0.1, 0.15) is 0 Å². The van der Waals surface area contributed by atoms with Crippen LogP contribution in [0.15, 0.2) is 0 Å². The standard InChI is InChI=1S/C10H20F3N3O/c1-15(8-9(17)10(11,12)13)6-7-16-4-2-14-3-5-16/h9,14,17H,2-8H2,1H3. The average molecular weight is 255 g/mol. The maximum atomic E-state index is 12.1. The molecule has 2 N–H and O–H groups in total. The third-order valence-corrected chi connectivity index (χ3v) is 2.87. The van der Waals surface area contributed by atoms with Gasteiger partial charge in [0.2, 0.25) is 0 Å². The predicted octanol–water partition coefficient (Wildman–Crippen LogP) is -0.253. The molecule has 4 nitrogen and oxygen atoms in total. The molecule has 7 heteroatoms. The number of alkyl halides is 3. The van der Waals surface area contributed by atoms with Crippen molar-refractivity contribution in [2.24, 2.45) is 0 Å². The van der Waals surface area contributed by atoms with Crippen LogP contribution in [0.5, 0.6) is 0 Å². The van der Waals surface area contributed by atoms with E-state index in [4.69, 9.17) is 5.11 Å². The minimum Gasteiger partial charge on any atom is -0.382 e. The van der Waals surface area contributed by atoms with Gasteiger partial charge in [-0.15, -0.1) is 0 Å². The lowest BCUT2D eigenvalue weighted by atomic mass is 10.3. The molecule has 1 unspecified atom stereocenters. The lowest BCUT2D eigenvalue weighted by Gasteiger charge is -2.29. The Morgan fingerprint density at radius 2 is 1.94 bits per heavy atom. The Labute approximate surface area is 99.4 Å². The highest BCUT2D eigenvalue weighted by Crippen LogP contribution is 2.20. The minimum atomic E-state index is -4.52. The van der Waals surface area contributed by atoms with Crippen LogP contribution in [0.2, 0.25) is 0 Å². The third kappa shape index (κ3) is 5.67. The third-order valence-electron chi connectivity index (χ3n) is 2.87. The van der Waals surface area contributed by atoms with E-state index in [9.17, 15) is 13.2 Å². The molecule has 1 aliphatic heterocycles. The van der Waals surface area contributed by atoms with Crippen molar-refractivity contribution in [1.29, 1.82) is 0 Å². The molecule has 1 fully saturated rings. The molecule has 1 rings (SSSR count). The van der Waals surface area contributed by atoms with Crippen LogP contribution in [0.4, 0.5) is 13.2 Å². The summed E-state index contributed by atoms with van der Waals surface area (Å²) in [5.41, 5.74) is 0. The molecule has 1 saturated heterocycles. The van der Waals surface area contributed by atoms with E-state index in [0.717, 1.165) is 32.7 Å². The van der Waals surface area contributed by atoms with Gasteiger partial charge in [0.15, 0.2) is 6.10 Å². The van der Waals surface area contributed by atoms with Gasteiger partial charge in [-0.3, -0.25) is 4.90 Å². The SMILES string of the molecule is CN(CCN1CCNCC1)CC(O)C(F)(F)F. The van der Waals surface area contributed by atoms with E-state index >= 15 is 0 Å². The zero-order chi connectivity index (χ0) is 12.9. The first-order valence-corrected chi connectivity index (χ1v) is 5.76. The van der Waals surface area contributed by atoms with Crippen LogP contribution in [-0.4, -0.2) is 80.0 Å². The second-order valence-electron chi connectivity index (χ2n) is 4.41. The molecule has 1 aliphatic rings. The first kappa shape index (κ1) is 14.7. The molecule has 1 heterocycles. The molecule has 0 spiro atoms. The lowest BCUT2D eigenvalue weighted by Crippen LogP contribution is -2.47. The molecule has 0 aromatic heterocycles. The lowest BCUT2D eigenvalue weighted by molar-refractivity contribution is -0.207. The number of rotatable bonds is 5. The van der Waals surface area contributed by atoms with Crippen LogP contribution in [0.25, 0.3) is 0 Å². The molecule has 1 atom stereocenters. The van der Waals surface area contributed by atoms with E-state index in [-0.39, 0.29) is 6.54 Å². The van der Waals surface area contributed by atoms with Crippen molar-refractivity contribution in [2.75, 3.05) is 52.9 Å². The van der Waals surface area contributed by atoms with Gasteiger partial charge in [-0.25, -0.2) is 0 Å². The zero-order valence-electron chi connectivity index (χ0n) is 10.0. The largest absolute Gasteiger partial charge is 0.415 e. The van der Waals surface area contributed by atoms with Crippen LogP contribution < -0.4 is 5.32 Å². The Morgan fingerprint density at radius 3 is 2.47 bits per heavy atom. The Morgan fingerprint density at radius 1 is 1.35 bits per heavy atom. The molecular weight excluding hydrogens is 235 g/mol. The monoisotopic (exact) mass is 255 g/mol. The van der Waals surface area contributed by atoms with Gasteiger partial charge >= 0.3 is 6.18 Å². The van der Waals surface area contributed by atoms with Gasteiger partial charge in [0.05, 0.1) is 0 Å². The van der Waals surface area contributed by atoms with E-state index in [1.807, 2.05) is 0 Å². The predicted molar refractivity (Wildman–Crippen MR) is 58.9 cm³/mol. The summed E-state index contributed by atoms with van der Waals surface area (Å²) in [6, 6.07) is 0. The molecular formula is C10H20F3N3O. The molecule has 0 saturated carbocycles. The smallest absolute Gasteiger partial charge is 0.382 e. The Hall–Kier alpha value is -0.370. The molecule has 0 aliphatic carbocycles. The van der Waals surface area contributed by atoms with Gasteiger partial charge < -0.3 is 15.3 Å². The maximum absolute atomic E-state index is 12.1. The van der Waals surface area contributed by atoms with Gasteiger partial charge in [-0.2, -0.15) is 13.2 Å². The van der Waals surface area contributed by atoms with Crippen LogP contribution in [0.3, 0.4) is 0 Å². The Bertz CT molecular complexity index is 219. The summed E-state index contributed by atoms with van der Waals surface area (Å²) >= 11 is 0. The molecule has 0 bridgehead atoms. The quantitative estimate of drug-likeness (QED) is 0.710. The maximum Gasteiger partial charge on any atom is 0.415 e. The topological polar surface area (TPSA) is 38.7 Å². The van der Waals surface area contributed by atoms with Gasteiger partial charge in [-0.05, 0) is 7.05 Å². The van der Waals surface area contributed by atoms with Crippen LogP contribution in [0, 0.1) is 0 Å². The highest BCUT2D eigenvalue weighted by Gasteiger charge is 2.38. The number of aliphatic hydroxyl groups excluding tert-OH is 1. The second-order valence-corrected chi connectivity index (χ2v) is 4.41. The van der Waals surface area contributed by atoms with E-state index in [1.54, 1.807) is 7.05 Å². The van der Waals surface area contributed by atoms with Crippen molar-refractivity contribution >= 4 is 0 Å². The van der Waals surface area contributed by atoms with E-state index in [2.05, 4.69) is 10.2 Å². The molecule has 102 valence electrons. The van der Waals surface area contributed by atoms with E-state index in [0.29, 0.717) is 6.54 Å². The number of hydrogen-bond acceptors (Lipinski definition) is 4. The number of nitrogens with zero attached hydrogens (tertiary/aromatic N) is 2. The van der Waals surface area contributed by atoms with Crippen molar-refractivity contribution in [1.82, 2.24) is 15.1 Å². The number of halogens is 3. The highest BCUT2D eigenvalue weighted by molar-refractivity contribution is 4.72. The molecule has 17 heavy (non-hydrogen) atoms. The first-order valence-electron chi connectivity index (χ1n) is 5.76. The summed E-state index contributed by atoms with van der Waals surface area (Å²) in [5, 5.41) is 12.1. The number of piperazine rings is 1. The summed E-state index contributed by atoms with van der Waals surface area (Å²) in [4.78, 5) is 3.72. The van der Waals surface area contributed by atoms with Crippen molar-refractivity contribution in [2.45, 2.75) is 12.3 Å². The van der Waals surface area contributed by atoms with E-state index in [1.165, 1.54) is 4.90 Å². The van der Waals surface area contributed by atoms with Crippen molar-refractivity contribution < 1.29 is 18.3 Å². The van der Waals surface area contributed by atoms with Gasteiger partial charge in [-0.1, -0.05) is 0 Å². The van der Waals surface area contributed by atoms with Gasteiger partial charge in [0.25, 0.3) is 0 Å². The Kier molecular flexibility index (Phi) is 5.64. The fourth-order valence-corrected chi connectivity index (χ4v) is 1.74. The number of hydrogen-bond donors (Lipinski definition) is 2. The molecule has 0 aromatic carbocycles. The summed E-state index contributed by atoms with van der Waals surface area (Å²) in [6.45, 7) is 4.61. The van der Waals surface area contributed by atoms with Gasteiger partial charge in [0, 0.05) is 45.8 Å². The second kappa shape index (κ2) is 6.53. The highest BCUT2D eigenvalue weighted by atomic mass is 19.4.